The Morgan fingerprint density at radius 2 is 0.957 bits per heavy atom. The molecule has 0 heterocycles. The highest BCUT2D eigenvalue weighted by Gasteiger charge is 1.89. The molecule has 23 heavy (non-hydrogen) atoms. The molecule has 0 fully saturated rings. The van der Waals surface area contributed by atoms with Crippen LogP contribution in [0.2, 0.25) is 0 Å². The molecule has 2 aromatic carbocycles. The molecule has 0 saturated heterocycles. The van der Waals surface area contributed by atoms with Gasteiger partial charge in [-0.15, -0.1) is 25.3 Å². The van der Waals surface area contributed by atoms with Gasteiger partial charge in [-0.3, -0.25) is 0 Å². The first-order chi connectivity index (χ1) is 10.8. The zero-order chi connectivity index (χ0) is 17.7. The Hall–Kier alpha value is -2.72. The van der Waals surface area contributed by atoms with E-state index in [2.05, 4.69) is 17.2 Å². The number of rotatable bonds is 2. The minimum absolute atomic E-state index is 0.873. The van der Waals surface area contributed by atoms with Gasteiger partial charge in [-0.2, -0.15) is 10.2 Å². The van der Waals surface area contributed by atoms with Crippen molar-refractivity contribution in [1.82, 2.24) is 0 Å². The van der Waals surface area contributed by atoms with Gasteiger partial charge in [-0.25, -0.2) is 0 Å². The predicted molar refractivity (Wildman–Crippen MR) is 81.2 cm³/mol. The predicted octanol–water partition coefficient (Wildman–Crippen LogP) is 2.40. The fourth-order valence-electron chi connectivity index (χ4n) is 1.22. The normalized spacial score (nSPS) is 9.09. The first-order valence-electron chi connectivity index (χ1n) is 5.88. The van der Waals surface area contributed by atoms with E-state index < -0.39 is 21.2 Å². The second-order valence-electron chi connectivity index (χ2n) is 3.78. The van der Waals surface area contributed by atoms with Gasteiger partial charge in [0.25, 0.3) is 0 Å². The van der Waals surface area contributed by atoms with E-state index in [1.54, 1.807) is 0 Å². The van der Waals surface area contributed by atoms with Crippen molar-refractivity contribution in [3.63, 3.8) is 0 Å². The van der Waals surface area contributed by atoms with Crippen LogP contribution in [-0.2, 0) is 21.2 Å². The second kappa shape index (κ2) is 11.9. The Morgan fingerprint density at radius 3 is 1.35 bits per heavy atom. The second-order valence-corrected chi connectivity index (χ2v) is 4.60. The molecule has 0 atom stereocenters. The number of benzene rings is 2. The fourth-order valence-corrected chi connectivity index (χ4v) is 1.22. The smallest absolute Gasteiger partial charge is 0.151 e. The monoisotopic (exact) mass is 356 g/mol. The summed E-state index contributed by atoms with van der Waals surface area (Å²) in [5.41, 5.74) is 2.98. The molecule has 0 radical (unpaired) electrons. The van der Waals surface area contributed by atoms with Gasteiger partial charge >= 0.3 is 21.2 Å². The minimum Gasteiger partial charge on any atom is -0.151 e. The molecule has 0 aliphatic heterocycles. The number of hydrogen-bond acceptors (Lipinski definition) is 8. The van der Waals surface area contributed by atoms with Gasteiger partial charge in [-0.1, -0.05) is 35.9 Å². The van der Waals surface area contributed by atoms with Crippen LogP contribution in [0, 0.1) is 6.92 Å². The standard InChI is InChI=1S/C13H12N2.2O3S/c1-11-7-9-13(10-8-11)15-14-12-5-3-2-4-6-12;2*1-4(2)3/h2-10H,1H3;;. The summed E-state index contributed by atoms with van der Waals surface area (Å²) in [5.74, 6) is 0. The van der Waals surface area contributed by atoms with Crippen molar-refractivity contribution in [3.05, 3.63) is 60.2 Å². The summed E-state index contributed by atoms with van der Waals surface area (Å²) in [6.45, 7) is 2.05. The quantitative estimate of drug-likeness (QED) is 0.760. The lowest BCUT2D eigenvalue weighted by Gasteiger charge is -1.93. The SMILES string of the molecule is Cc1ccc(N=Nc2ccccc2)cc1.O=S(=O)=O.O=S(=O)=O. The van der Waals surface area contributed by atoms with E-state index in [9.17, 15) is 0 Å². The summed E-state index contributed by atoms with van der Waals surface area (Å²) in [6, 6.07) is 17.7. The van der Waals surface area contributed by atoms with Gasteiger partial charge in [0, 0.05) is 0 Å². The van der Waals surface area contributed by atoms with Crippen LogP contribution in [0.25, 0.3) is 0 Å². The molecule has 8 nitrogen and oxygen atoms in total. The van der Waals surface area contributed by atoms with Gasteiger partial charge in [0.2, 0.25) is 0 Å². The summed E-state index contributed by atoms with van der Waals surface area (Å²) < 4.78 is 50.7. The van der Waals surface area contributed by atoms with Crippen molar-refractivity contribution >= 4 is 32.6 Å². The molecule has 0 saturated carbocycles. The van der Waals surface area contributed by atoms with Crippen LogP contribution in [-0.4, -0.2) is 25.3 Å². The zero-order valence-corrected chi connectivity index (χ0v) is 13.5. The summed E-state index contributed by atoms with van der Waals surface area (Å²) in [5, 5.41) is 8.27. The van der Waals surface area contributed by atoms with Gasteiger partial charge in [0.15, 0.2) is 0 Å². The Labute approximate surface area is 135 Å². The molecule has 2 rings (SSSR count). The molecule has 10 heteroatoms. The maximum Gasteiger partial charge on any atom is 0.425 e. The third kappa shape index (κ3) is 14.0. The maximum absolute atomic E-state index is 8.44. The van der Waals surface area contributed by atoms with Crippen LogP contribution in [0.3, 0.4) is 0 Å². The lowest BCUT2D eigenvalue weighted by atomic mass is 10.2. The Morgan fingerprint density at radius 1 is 0.609 bits per heavy atom. The van der Waals surface area contributed by atoms with E-state index in [1.165, 1.54) is 5.56 Å². The van der Waals surface area contributed by atoms with Crippen molar-refractivity contribution < 1.29 is 25.3 Å². The number of hydrogen-bond donors (Lipinski definition) is 0. The van der Waals surface area contributed by atoms with Gasteiger partial charge < -0.3 is 0 Å². The van der Waals surface area contributed by atoms with E-state index in [0.717, 1.165) is 11.4 Å². The van der Waals surface area contributed by atoms with Gasteiger partial charge in [-0.05, 0) is 31.2 Å². The Bertz CT molecular complexity index is 787. The van der Waals surface area contributed by atoms with E-state index in [-0.39, 0.29) is 0 Å². The third-order valence-electron chi connectivity index (χ3n) is 2.07. The highest BCUT2D eigenvalue weighted by atomic mass is 32.2. The third-order valence-corrected chi connectivity index (χ3v) is 2.07. The highest BCUT2D eigenvalue weighted by molar-refractivity contribution is 7.59. The largest absolute Gasteiger partial charge is 0.425 e. The molecule has 0 bridgehead atoms. The highest BCUT2D eigenvalue weighted by Crippen LogP contribution is 2.17. The van der Waals surface area contributed by atoms with Crippen molar-refractivity contribution in [1.29, 1.82) is 0 Å². The molecule has 0 unspecified atom stereocenters. The summed E-state index contributed by atoms with van der Waals surface area (Å²) >= 11 is 0. The van der Waals surface area contributed by atoms with Crippen molar-refractivity contribution in [2.45, 2.75) is 6.92 Å². The number of aryl methyl sites for hydroxylation is 1. The molecule has 0 spiro atoms. The summed E-state index contributed by atoms with van der Waals surface area (Å²) in [7, 11) is -6.22. The molecule has 2 aromatic rings. The van der Waals surface area contributed by atoms with E-state index in [4.69, 9.17) is 25.3 Å². The lowest BCUT2D eigenvalue weighted by molar-refractivity contribution is 0.557. The van der Waals surface area contributed by atoms with E-state index in [1.807, 2.05) is 54.6 Å². The first-order valence-corrected chi connectivity index (χ1v) is 7.88. The molecule has 0 amide bonds. The molecular formula is C13H12N2O6S2. The molecule has 0 aliphatic rings. The average molecular weight is 356 g/mol. The summed E-state index contributed by atoms with van der Waals surface area (Å²) in [6.07, 6.45) is 0. The number of azo groups is 1. The zero-order valence-electron chi connectivity index (χ0n) is 11.9. The van der Waals surface area contributed by atoms with E-state index in [0.29, 0.717) is 0 Å². The van der Waals surface area contributed by atoms with Crippen LogP contribution in [0.15, 0.2) is 64.8 Å². The molecular weight excluding hydrogens is 344 g/mol. The van der Waals surface area contributed by atoms with Crippen LogP contribution < -0.4 is 0 Å². The molecule has 0 aliphatic carbocycles. The van der Waals surface area contributed by atoms with Crippen molar-refractivity contribution in [2.75, 3.05) is 0 Å². The van der Waals surface area contributed by atoms with Crippen LogP contribution in [0.1, 0.15) is 5.56 Å². The van der Waals surface area contributed by atoms with Crippen LogP contribution in [0.5, 0.6) is 0 Å². The van der Waals surface area contributed by atoms with Crippen LogP contribution in [0.4, 0.5) is 11.4 Å². The maximum atomic E-state index is 8.44. The lowest BCUT2D eigenvalue weighted by Crippen LogP contribution is -1.68. The van der Waals surface area contributed by atoms with Gasteiger partial charge in [0.05, 0.1) is 11.4 Å². The van der Waals surface area contributed by atoms with Crippen molar-refractivity contribution in [2.24, 2.45) is 10.2 Å². The Balaban J connectivity index is 0.000000509. The molecule has 0 N–H and O–H groups in total. The molecule has 122 valence electrons. The minimum atomic E-state index is -3.11. The van der Waals surface area contributed by atoms with Gasteiger partial charge in [0.1, 0.15) is 0 Å². The summed E-state index contributed by atoms with van der Waals surface area (Å²) in [4.78, 5) is 0. The van der Waals surface area contributed by atoms with Crippen LogP contribution >= 0.6 is 0 Å². The number of nitrogens with zero attached hydrogens (tertiary/aromatic N) is 2. The Kier molecular flexibility index (Phi) is 10.5. The van der Waals surface area contributed by atoms with Crippen molar-refractivity contribution in [3.8, 4) is 0 Å². The first kappa shape index (κ1) is 20.3. The van der Waals surface area contributed by atoms with E-state index >= 15 is 0 Å². The average Bonchev–Trinajstić information content (AvgIpc) is 2.47. The molecule has 0 aromatic heterocycles. The fraction of sp³-hybridized carbons (Fsp3) is 0.0769. The topological polar surface area (TPSA) is 127 Å².